The summed E-state index contributed by atoms with van der Waals surface area (Å²) in [5.74, 6) is 0. The number of aromatic nitrogens is 1. The molecule has 0 radical (unpaired) electrons. The van der Waals surface area contributed by atoms with E-state index in [0.717, 1.165) is 12.2 Å². The molecule has 0 fully saturated rings. The number of anilines is 2. The van der Waals surface area contributed by atoms with Gasteiger partial charge in [0.25, 0.3) is 0 Å². The Kier molecular flexibility index (Phi) is 3.33. The van der Waals surface area contributed by atoms with Crippen molar-refractivity contribution in [2.45, 2.75) is 27.3 Å². The third-order valence-corrected chi connectivity index (χ3v) is 3.42. The van der Waals surface area contributed by atoms with Gasteiger partial charge in [-0.3, -0.25) is 0 Å². The first-order valence-corrected chi connectivity index (χ1v) is 6.46. The van der Waals surface area contributed by atoms with Crippen LogP contribution in [0, 0.1) is 20.8 Å². The fraction of sp³-hybridized carbons (Fsp3) is 0.308. The van der Waals surface area contributed by atoms with Crippen LogP contribution >= 0.6 is 11.3 Å². The lowest BCUT2D eigenvalue weighted by atomic mass is 10.1. The number of nitrogens with one attached hydrogen (secondary N) is 1. The van der Waals surface area contributed by atoms with Crippen molar-refractivity contribution >= 4 is 22.2 Å². The lowest BCUT2D eigenvalue weighted by Crippen LogP contribution is -2.03. The SMILES string of the molecule is Cc1cc(C)c(NCc2csc(N)n2)c(C)c1. The van der Waals surface area contributed by atoms with Gasteiger partial charge in [-0.1, -0.05) is 17.7 Å². The van der Waals surface area contributed by atoms with E-state index in [1.165, 1.54) is 33.7 Å². The molecule has 0 saturated heterocycles. The van der Waals surface area contributed by atoms with Crippen molar-refractivity contribution in [3.63, 3.8) is 0 Å². The molecule has 0 spiro atoms. The third kappa shape index (κ3) is 2.77. The van der Waals surface area contributed by atoms with E-state index in [0.29, 0.717) is 5.13 Å². The van der Waals surface area contributed by atoms with Gasteiger partial charge in [-0.25, -0.2) is 4.98 Å². The molecule has 3 nitrogen and oxygen atoms in total. The van der Waals surface area contributed by atoms with E-state index < -0.39 is 0 Å². The Morgan fingerprint density at radius 2 is 1.88 bits per heavy atom. The predicted octanol–water partition coefficient (Wildman–Crippen LogP) is 3.26. The summed E-state index contributed by atoms with van der Waals surface area (Å²) in [6.07, 6.45) is 0. The van der Waals surface area contributed by atoms with Gasteiger partial charge in [0.05, 0.1) is 12.2 Å². The van der Waals surface area contributed by atoms with Crippen molar-refractivity contribution < 1.29 is 0 Å². The molecule has 1 aromatic heterocycles. The molecule has 1 aromatic carbocycles. The molecule has 0 saturated carbocycles. The Bertz CT molecular complexity index is 508. The molecule has 0 unspecified atom stereocenters. The highest BCUT2D eigenvalue weighted by atomic mass is 32.1. The highest BCUT2D eigenvalue weighted by molar-refractivity contribution is 7.13. The van der Waals surface area contributed by atoms with Gasteiger partial charge < -0.3 is 11.1 Å². The van der Waals surface area contributed by atoms with Gasteiger partial charge >= 0.3 is 0 Å². The Morgan fingerprint density at radius 1 is 1.24 bits per heavy atom. The number of hydrogen-bond donors (Lipinski definition) is 2. The molecular weight excluding hydrogens is 230 g/mol. The second-order valence-corrected chi connectivity index (χ2v) is 5.19. The molecule has 4 heteroatoms. The Morgan fingerprint density at radius 3 is 2.41 bits per heavy atom. The number of nitrogens with zero attached hydrogens (tertiary/aromatic N) is 1. The maximum Gasteiger partial charge on any atom is 0.180 e. The fourth-order valence-corrected chi connectivity index (χ4v) is 2.60. The van der Waals surface area contributed by atoms with E-state index >= 15 is 0 Å². The van der Waals surface area contributed by atoms with E-state index in [1.54, 1.807) is 0 Å². The van der Waals surface area contributed by atoms with E-state index in [9.17, 15) is 0 Å². The number of benzene rings is 1. The lowest BCUT2D eigenvalue weighted by Gasteiger charge is -2.12. The third-order valence-electron chi connectivity index (χ3n) is 2.69. The quantitative estimate of drug-likeness (QED) is 0.875. The van der Waals surface area contributed by atoms with Crippen LogP contribution in [0.2, 0.25) is 0 Å². The van der Waals surface area contributed by atoms with Gasteiger partial charge in [-0.15, -0.1) is 11.3 Å². The maximum atomic E-state index is 5.61. The summed E-state index contributed by atoms with van der Waals surface area (Å²) in [5.41, 5.74) is 11.6. The molecule has 90 valence electrons. The van der Waals surface area contributed by atoms with Gasteiger partial charge in [0.2, 0.25) is 0 Å². The van der Waals surface area contributed by atoms with E-state index in [1.807, 2.05) is 5.38 Å². The molecule has 0 aliphatic rings. The summed E-state index contributed by atoms with van der Waals surface area (Å²) in [4.78, 5) is 4.24. The number of nitrogen functional groups attached to an aromatic ring is 1. The minimum absolute atomic E-state index is 0.624. The highest BCUT2D eigenvalue weighted by Gasteiger charge is 2.04. The average molecular weight is 247 g/mol. The van der Waals surface area contributed by atoms with Crippen molar-refractivity contribution in [2.75, 3.05) is 11.1 Å². The minimum atomic E-state index is 0.624. The first-order chi connectivity index (χ1) is 8.06. The van der Waals surface area contributed by atoms with Crippen LogP contribution in [0.1, 0.15) is 22.4 Å². The van der Waals surface area contributed by atoms with Crippen LogP contribution in [0.25, 0.3) is 0 Å². The topological polar surface area (TPSA) is 50.9 Å². The highest BCUT2D eigenvalue weighted by Crippen LogP contribution is 2.23. The van der Waals surface area contributed by atoms with E-state index in [2.05, 4.69) is 43.2 Å². The van der Waals surface area contributed by atoms with Crippen molar-refractivity contribution in [1.82, 2.24) is 4.98 Å². The summed E-state index contributed by atoms with van der Waals surface area (Å²) in [6, 6.07) is 4.37. The summed E-state index contributed by atoms with van der Waals surface area (Å²) < 4.78 is 0. The van der Waals surface area contributed by atoms with Crippen molar-refractivity contribution in [2.24, 2.45) is 0 Å². The van der Waals surface area contributed by atoms with Crippen LogP contribution < -0.4 is 11.1 Å². The zero-order valence-corrected chi connectivity index (χ0v) is 11.2. The zero-order chi connectivity index (χ0) is 12.4. The maximum absolute atomic E-state index is 5.61. The predicted molar refractivity (Wildman–Crippen MR) is 74.5 cm³/mol. The van der Waals surface area contributed by atoms with Crippen LogP contribution in [0.4, 0.5) is 10.8 Å². The van der Waals surface area contributed by atoms with Crippen LogP contribution in [0.5, 0.6) is 0 Å². The standard InChI is InChI=1S/C13H17N3S/c1-8-4-9(2)12(10(3)5-8)15-6-11-7-17-13(14)16-11/h4-5,7,15H,6H2,1-3H3,(H2,14,16). The first-order valence-electron chi connectivity index (χ1n) is 5.58. The van der Waals surface area contributed by atoms with Crippen molar-refractivity contribution in [3.05, 3.63) is 39.9 Å². The summed E-state index contributed by atoms with van der Waals surface area (Å²) in [6.45, 7) is 7.08. The van der Waals surface area contributed by atoms with Gasteiger partial charge in [0.15, 0.2) is 5.13 Å². The van der Waals surface area contributed by atoms with Crippen molar-refractivity contribution in [3.8, 4) is 0 Å². The molecule has 0 aliphatic carbocycles. The first kappa shape index (κ1) is 11.9. The molecule has 17 heavy (non-hydrogen) atoms. The van der Waals surface area contributed by atoms with Crippen LogP contribution in [0.15, 0.2) is 17.5 Å². The summed E-state index contributed by atoms with van der Waals surface area (Å²) in [5, 5.41) is 6.04. The van der Waals surface area contributed by atoms with Gasteiger partial charge in [-0.2, -0.15) is 0 Å². The van der Waals surface area contributed by atoms with Gasteiger partial charge in [-0.05, 0) is 31.9 Å². The normalized spacial score (nSPS) is 10.5. The minimum Gasteiger partial charge on any atom is -0.379 e. The Balaban J connectivity index is 2.14. The van der Waals surface area contributed by atoms with Crippen LogP contribution in [-0.2, 0) is 6.54 Å². The molecule has 1 heterocycles. The smallest absolute Gasteiger partial charge is 0.180 e. The largest absolute Gasteiger partial charge is 0.379 e. The number of thiazole rings is 1. The summed E-state index contributed by atoms with van der Waals surface area (Å²) in [7, 11) is 0. The number of hydrogen-bond acceptors (Lipinski definition) is 4. The molecule has 2 rings (SSSR count). The molecule has 2 aromatic rings. The number of rotatable bonds is 3. The molecular formula is C13H17N3S. The molecule has 0 amide bonds. The number of nitrogens with two attached hydrogens (primary N) is 1. The van der Waals surface area contributed by atoms with Crippen LogP contribution in [0.3, 0.4) is 0 Å². The Labute approximate surface area is 106 Å². The van der Waals surface area contributed by atoms with Gasteiger partial charge in [0.1, 0.15) is 0 Å². The average Bonchev–Trinajstić information content (AvgIpc) is 2.62. The zero-order valence-electron chi connectivity index (χ0n) is 10.4. The Hall–Kier alpha value is -1.55. The summed E-state index contributed by atoms with van der Waals surface area (Å²) >= 11 is 1.48. The molecule has 0 bridgehead atoms. The molecule has 0 aliphatic heterocycles. The monoisotopic (exact) mass is 247 g/mol. The van der Waals surface area contributed by atoms with Crippen molar-refractivity contribution in [1.29, 1.82) is 0 Å². The van der Waals surface area contributed by atoms with Gasteiger partial charge in [0, 0.05) is 11.1 Å². The fourth-order valence-electron chi connectivity index (χ4n) is 2.04. The van der Waals surface area contributed by atoms with Crippen LogP contribution in [-0.4, -0.2) is 4.98 Å². The number of aryl methyl sites for hydroxylation is 3. The second kappa shape index (κ2) is 4.75. The molecule has 3 N–H and O–H groups in total. The second-order valence-electron chi connectivity index (χ2n) is 4.30. The lowest BCUT2D eigenvalue weighted by molar-refractivity contribution is 1.07. The molecule has 0 atom stereocenters. The van der Waals surface area contributed by atoms with E-state index in [4.69, 9.17) is 5.73 Å². The van der Waals surface area contributed by atoms with E-state index in [-0.39, 0.29) is 0 Å².